The van der Waals surface area contributed by atoms with E-state index in [2.05, 4.69) is 5.32 Å². The van der Waals surface area contributed by atoms with Crippen LogP contribution in [0, 0.1) is 0 Å². The van der Waals surface area contributed by atoms with Gasteiger partial charge in [-0.15, -0.1) is 0 Å². The smallest absolute Gasteiger partial charge is 0.256 e. The predicted octanol–water partition coefficient (Wildman–Crippen LogP) is 1.34. The number of nitrogens with one attached hydrogen (secondary N) is 1. The zero-order chi connectivity index (χ0) is 19.8. The summed E-state index contributed by atoms with van der Waals surface area (Å²) in [5.74, 6) is -1.00. The van der Waals surface area contributed by atoms with Crippen LogP contribution in [0.2, 0.25) is 0 Å². The summed E-state index contributed by atoms with van der Waals surface area (Å²) in [6, 6.07) is 14.3. The molecule has 2 N–H and O–H groups in total. The number of aliphatic hydroxyl groups is 1. The lowest BCUT2D eigenvalue weighted by Crippen LogP contribution is -2.60. The average Bonchev–Trinajstić information content (AvgIpc) is 2.82. The Hall–Kier alpha value is -3.19. The summed E-state index contributed by atoms with van der Waals surface area (Å²) in [6.45, 7) is 1.99. The third-order valence-electron chi connectivity index (χ3n) is 5.23. The van der Waals surface area contributed by atoms with Gasteiger partial charge in [0.1, 0.15) is 12.1 Å². The van der Waals surface area contributed by atoms with Crippen molar-refractivity contribution in [2.75, 3.05) is 25.0 Å². The zero-order valence-corrected chi connectivity index (χ0v) is 15.5. The average molecular weight is 379 g/mol. The van der Waals surface area contributed by atoms with Gasteiger partial charge >= 0.3 is 0 Å². The topological polar surface area (TPSA) is 89.9 Å². The van der Waals surface area contributed by atoms with E-state index in [1.807, 2.05) is 36.4 Å². The molecular weight excluding hydrogens is 358 g/mol. The first-order valence-electron chi connectivity index (χ1n) is 9.24. The largest absolute Gasteiger partial charge is 0.384 e. The minimum atomic E-state index is -1.14. The molecule has 0 saturated carbocycles. The van der Waals surface area contributed by atoms with E-state index in [4.69, 9.17) is 0 Å². The van der Waals surface area contributed by atoms with E-state index >= 15 is 0 Å². The molecule has 2 heterocycles. The SMILES string of the molecule is C[C@H](O)C(=O)N1CCN2C(=O)c3cc(-c4ccccc4)ccc3NC(=O)[C@@H]2C1. The Morgan fingerprint density at radius 3 is 2.57 bits per heavy atom. The number of hydrogen-bond donors (Lipinski definition) is 2. The molecule has 0 spiro atoms. The summed E-state index contributed by atoms with van der Waals surface area (Å²) in [4.78, 5) is 41.0. The molecule has 0 radical (unpaired) electrons. The van der Waals surface area contributed by atoms with Gasteiger partial charge in [-0.25, -0.2) is 0 Å². The minimum Gasteiger partial charge on any atom is -0.384 e. The van der Waals surface area contributed by atoms with Gasteiger partial charge in [-0.1, -0.05) is 36.4 Å². The van der Waals surface area contributed by atoms with E-state index in [-0.39, 0.29) is 31.4 Å². The summed E-state index contributed by atoms with van der Waals surface area (Å²) >= 11 is 0. The normalized spacial score (nSPS) is 20.0. The van der Waals surface area contributed by atoms with E-state index in [9.17, 15) is 19.5 Å². The Labute approximate surface area is 162 Å². The molecule has 0 aromatic heterocycles. The number of piperazine rings is 1. The molecule has 7 heteroatoms. The van der Waals surface area contributed by atoms with Crippen LogP contribution in [-0.2, 0) is 9.59 Å². The van der Waals surface area contributed by atoms with E-state index in [0.29, 0.717) is 11.3 Å². The fourth-order valence-electron chi connectivity index (χ4n) is 3.73. The number of anilines is 1. The van der Waals surface area contributed by atoms with Crippen molar-refractivity contribution >= 4 is 23.4 Å². The lowest BCUT2D eigenvalue weighted by Gasteiger charge is -2.39. The number of nitrogens with zero attached hydrogens (tertiary/aromatic N) is 2. The molecule has 3 amide bonds. The van der Waals surface area contributed by atoms with Crippen molar-refractivity contribution in [2.45, 2.75) is 19.1 Å². The second kappa shape index (κ2) is 7.09. The van der Waals surface area contributed by atoms with Crippen LogP contribution in [0.15, 0.2) is 48.5 Å². The van der Waals surface area contributed by atoms with Crippen molar-refractivity contribution in [2.24, 2.45) is 0 Å². The number of carbonyl (C=O) groups is 3. The van der Waals surface area contributed by atoms with Gasteiger partial charge in [0.25, 0.3) is 11.8 Å². The highest BCUT2D eigenvalue weighted by Gasteiger charge is 2.40. The van der Waals surface area contributed by atoms with Gasteiger partial charge in [0.2, 0.25) is 5.91 Å². The third kappa shape index (κ3) is 3.14. The van der Waals surface area contributed by atoms with Crippen molar-refractivity contribution in [3.05, 3.63) is 54.1 Å². The van der Waals surface area contributed by atoms with Crippen molar-refractivity contribution in [3.8, 4) is 11.1 Å². The highest BCUT2D eigenvalue weighted by Crippen LogP contribution is 2.30. The van der Waals surface area contributed by atoms with Crippen LogP contribution in [0.3, 0.4) is 0 Å². The summed E-state index contributed by atoms with van der Waals surface area (Å²) in [5, 5.41) is 12.4. The molecule has 144 valence electrons. The molecule has 0 aliphatic carbocycles. The summed E-state index contributed by atoms with van der Waals surface area (Å²) in [6.07, 6.45) is -1.14. The lowest BCUT2D eigenvalue weighted by molar-refractivity contribution is -0.143. The Bertz CT molecular complexity index is 942. The number of carbonyl (C=O) groups excluding carboxylic acids is 3. The highest BCUT2D eigenvalue weighted by molar-refractivity contribution is 6.10. The van der Waals surface area contributed by atoms with Gasteiger partial charge in [-0.2, -0.15) is 0 Å². The summed E-state index contributed by atoms with van der Waals surface area (Å²) in [7, 11) is 0. The first-order valence-corrected chi connectivity index (χ1v) is 9.24. The number of fused-ring (bicyclic) bond motifs is 2. The Morgan fingerprint density at radius 1 is 1.11 bits per heavy atom. The van der Waals surface area contributed by atoms with Crippen LogP contribution >= 0.6 is 0 Å². The van der Waals surface area contributed by atoms with Crippen LogP contribution in [-0.4, -0.2) is 64.4 Å². The number of hydrogen-bond acceptors (Lipinski definition) is 4. The highest BCUT2D eigenvalue weighted by atomic mass is 16.3. The van der Waals surface area contributed by atoms with Crippen LogP contribution < -0.4 is 5.32 Å². The molecule has 1 saturated heterocycles. The molecule has 2 aliphatic heterocycles. The molecule has 2 aliphatic rings. The quantitative estimate of drug-likeness (QED) is 0.824. The maximum absolute atomic E-state index is 13.2. The molecule has 0 unspecified atom stereocenters. The number of amides is 3. The van der Waals surface area contributed by atoms with Crippen molar-refractivity contribution < 1.29 is 19.5 Å². The molecule has 2 aromatic carbocycles. The number of benzene rings is 2. The van der Waals surface area contributed by atoms with Crippen LogP contribution in [0.1, 0.15) is 17.3 Å². The van der Waals surface area contributed by atoms with E-state index in [0.717, 1.165) is 11.1 Å². The van der Waals surface area contributed by atoms with Crippen molar-refractivity contribution in [1.82, 2.24) is 9.80 Å². The Balaban J connectivity index is 1.67. The molecule has 1 fully saturated rings. The van der Waals surface area contributed by atoms with E-state index < -0.39 is 18.1 Å². The second-order valence-electron chi connectivity index (χ2n) is 7.09. The first kappa shape index (κ1) is 18.2. The minimum absolute atomic E-state index is 0.0703. The van der Waals surface area contributed by atoms with Crippen LogP contribution in [0.25, 0.3) is 11.1 Å². The monoisotopic (exact) mass is 379 g/mol. The van der Waals surface area contributed by atoms with E-state index in [1.165, 1.54) is 16.7 Å². The van der Waals surface area contributed by atoms with E-state index in [1.54, 1.807) is 12.1 Å². The predicted molar refractivity (Wildman–Crippen MR) is 104 cm³/mol. The maximum atomic E-state index is 13.2. The molecule has 4 rings (SSSR count). The maximum Gasteiger partial charge on any atom is 0.256 e. The Kier molecular flexibility index (Phi) is 4.60. The molecule has 7 nitrogen and oxygen atoms in total. The number of rotatable bonds is 2. The van der Waals surface area contributed by atoms with Gasteiger partial charge < -0.3 is 20.2 Å². The van der Waals surface area contributed by atoms with Gasteiger partial charge in [0.15, 0.2) is 0 Å². The lowest BCUT2D eigenvalue weighted by atomic mass is 10.0. The van der Waals surface area contributed by atoms with Crippen LogP contribution in [0.5, 0.6) is 0 Å². The standard InChI is InChI=1S/C21H21N3O4/c1-13(25)20(27)23-9-10-24-18(12-23)19(26)22-17-8-7-15(11-16(17)21(24)28)14-5-3-2-4-6-14/h2-8,11,13,18,25H,9-10,12H2,1H3,(H,22,26)/t13-,18-/m0/s1. The molecule has 28 heavy (non-hydrogen) atoms. The summed E-state index contributed by atoms with van der Waals surface area (Å²) in [5.41, 5.74) is 2.78. The molecular formula is C21H21N3O4. The second-order valence-corrected chi connectivity index (χ2v) is 7.09. The van der Waals surface area contributed by atoms with Crippen molar-refractivity contribution in [1.29, 1.82) is 0 Å². The van der Waals surface area contributed by atoms with Gasteiger partial charge in [-0.05, 0) is 30.2 Å². The van der Waals surface area contributed by atoms with Gasteiger partial charge in [0, 0.05) is 13.1 Å². The van der Waals surface area contributed by atoms with Crippen molar-refractivity contribution in [3.63, 3.8) is 0 Å². The van der Waals surface area contributed by atoms with Crippen LogP contribution in [0.4, 0.5) is 5.69 Å². The Morgan fingerprint density at radius 2 is 1.86 bits per heavy atom. The molecule has 0 bridgehead atoms. The van der Waals surface area contributed by atoms with Gasteiger partial charge in [0.05, 0.1) is 17.8 Å². The summed E-state index contributed by atoms with van der Waals surface area (Å²) < 4.78 is 0. The number of aliphatic hydroxyl groups excluding tert-OH is 1. The molecule has 2 aromatic rings. The third-order valence-corrected chi connectivity index (χ3v) is 5.23. The zero-order valence-electron chi connectivity index (χ0n) is 15.5. The van der Waals surface area contributed by atoms with Gasteiger partial charge in [-0.3, -0.25) is 14.4 Å². The fraction of sp³-hybridized carbons (Fsp3) is 0.286. The molecule has 2 atom stereocenters. The first-order chi connectivity index (χ1) is 13.5. The fourth-order valence-corrected chi connectivity index (χ4v) is 3.73.